The molecule has 1 saturated heterocycles. The maximum absolute atomic E-state index is 6.04. The van der Waals surface area contributed by atoms with Gasteiger partial charge in [-0.3, -0.25) is 0 Å². The Kier molecular flexibility index (Phi) is 3.50. The summed E-state index contributed by atoms with van der Waals surface area (Å²) in [5, 5.41) is 0.746. The average Bonchev–Trinajstić information content (AvgIpc) is 2.64. The molecule has 94 valence electrons. The predicted octanol–water partition coefficient (Wildman–Crippen LogP) is 2.31. The second kappa shape index (κ2) is 4.75. The Bertz CT molecular complexity index is 406. The number of hydrogen-bond acceptors (Lipinski definition) is 3. The van der Waals surface area contributed by atoms with Gasteiger partial charge in [-0.1, -0.05) is 18.5 Å². The van der Waals surface area contributed by atoms with Crippen LogP contribution in [0.5, 0.6) is 0 Å². The molecule has 0 aromatic heterocycles. The molecule has 1 aliphatic rings. The van der Waals surface area contributed by atoms with Crippen molar-refractivity contribution < 1.29 is 0 Å². The predicted molar refractivity (Wildman–Crippen MR) is 74.7 cm³/mol. The van der Waals surface area contributed by atoms with Gasteiger partial charge in [0.1, 0.15) is 0 Å². The molecule has 1 heterocycles. The van der Waals surface area contributed by atoms with Gasteiger partial charge in [0.05, 0.1) is 11.4 Å². The van der Waals surface area contributed by atoms with Crippen molar-refractivity contribution in [1.82, 2.24) is 4.90 Å². The van der Waals surface area contributed by atoms with Gasteiger partial charge in [0, 0.05) is 24.2 Å². The number of nitrogens with zero attached hydrogens (tertiary/aromatic N) is 2. The molecule has 1 aromatic rings. The Morgan fingerprint density at radius 2 is 2.06 bits per heavy atom. The van der Waals surface area contributed by atoms with Gasteiger partial charge in [0.25, 0.3) is 0 Å². The zero-order chi connectivity index (χ0) is 12.6. The van der Waals surface area contributed by atoms with Gasteiger partial charge in [-0.05, 0) is 38.2 Å². The zero-order valence-corrected chi connectivity index (χ0v) is 11.4. The number of halogens is 1. The van der Waals surface area contributed by atoms with E-state index in [9.17, 15) is 0 Å². The molecule has 2 rings (SSSR count). The summed E-state index contributed by atoms with van der Waals surface area (Å²) in [5.74, 6) is 0.642. The van der Waals surface area contributed by atoms with Gasteiger partial charge >= 0.3 is 0 Å². The third-order valence-corrected chi connectivity index (χ3v) is 3.80. The molecule has 0 saturated carbocycles. The van der Waals surface area contributed by atoms with Crippen molar-refractivity contribution in [3.8, 4) is 0 Å². The van der Waals surface area contributed by atoms with Crippen molar-refractivity contribution in [2.24, 2.45) is 5.92 Å². The fourth-order valence-electron chi connectivity index (χ4n) is 2.61. The van der Waals surface area contributed by atoms with Crippen LogP contribution in [-0.4, -0.2) is 38.1 Å². The highest BCUT2D eigenvalue weighted by molar-refractivity contribution is 6.31. The lowest BCUT2D eigenvalue weighted by molar-refractivity contribution is 0.266. The van der Waals surface area contributed by atoms with Crippen LogP contribution in [0.3, 0.4) is 0 Å². The monoisotopic (exact) mass is 253 g/mol. The van der Waals surface area contributed by atoms with E-state index in [1.165, 1.54) is 0 Å². The van der Waals surface area contributed by atoms with Crippen molar-refractivity contribution in [1.29, 1.82) is 0 Å². The lowest BCUT2D eigenvalue weighted by atomic mass is 10.1. The van der Waals surface area contributed by atoms with Gasteiger partial charge in [0.2, 0.25) is 0 Å². The Morgan fingerprint density at radius 1 is 1.35 bits per heavy atom. The molecule has 0 bridgehead atoms. The molecule has 3 nitrogen and oxygen atoms in total. The molecule has 2 unspecified atom stereocenters. The molecule has 0 aliphatic carbocycles. The van der Waals surface area contributed by atoms with E-state index in [1.54, 1.807) is 0 Å². The summed E-state index contributed by atoms with van der Waals surface area (Å²) in [6, 6.07) is 6.25. The van der Waals surface area contributed by atoms with Crippen LogP contribution in [0, 0.1) is 5.92 Å². The van der Waals surface area contributed by atoms with Gasteiger partial charge in [0.15, 0.2) is 0 Å². The lowest BCUT2D eigenvalue weighted by Gasteiger charge is -2.23. The van der Waals surface area contributed by atoms with E-state index < -0.39 is 0 Å². The summed E-state index contributed by atoms with van der Waals surface area (Å²) >= 11 is 6.04. The smallest absolute Gasteiger partial charge is 0.0615 e. The molecular formula is C13H20ClN3. The van der Waals surface area contributed by atoms with Crippen molar-refractivity contribution in [3.63, 3.8) is 0 Å². The molecule has 1 aromatic carbocycles. The highest BCUT2D eigenvalue weighted by Crippen LogP contribution is 2.32. The van der Waals surface area contributed by atoms with E-state index in [-0.39, 0.29) is 0 Å². The number of anilines is 2. The minimum atomic E-state index is 0.577. The van der Waals surface area contributed by atoms with Crippen LogP contribution in [0.25, 0.3) is 0 Å². The fourth-order valence-corrected chi connectivity index (χ4v) is 2.78. The van der Waals surface area contributed by atoms with E-state index in [4.69, 9.17) is 17.3 Å². The Morgan fingerprint density at radius 3 is 2.65 bits per heavy atom. The van der Waals surface area contributed by atoms with E-state index >= 15 is 0 Å². The quantitative estimate of drug-likeness (QED) is 0.821. The van der Waals surface area contributed by atoms with E-state index in [2.05, 4.69) is 30.8 Å². The van der Waals surface area contributed by atoms with Crippen LogP contribution in [0.15, 0.2) is 18.2 Å². The Hall–Kier alpha value is -0.930. The average molecular weight is 254 g/mol. The summed E-state index contributed by atoms with van der Waals surface area (Å²) in [7, 11) is 4.26. The first-order valence-electron chi connectivity index (χ1n) is 5.95. The summed E-state index contributed by atoms with van der Waals surface area (Å²) in [5.41, 5.74) is 7.89. The van der Waals surface area contributed by atoms with Crippen LogP contribution >= 0.6 is 11.6 Å². The molecule has 17 heavy (non-hydrogen) atoms. The van der Waals surface area contributed by atoms with Crippen molar-refractivity contribution >= 4 is 23.0 Å². The summed E-state index contributed by atoms with van der Waals surface area (Å²) < 4.78 is 0. The van der Waals surface area contributed by atoms with E-state index in [0.29, 0.717) is 12.0 Å². The van der Waals surface area contributed by atoms with Crippen LogP contribution in [0.1, 0.15) is 6.92 Å². The minimum Gasteiger partial charge on any atom is -0.397 e. The van der Waals surface area contributed by atoms with Crippen LogP contribution < -0.4 is 10.6 Å². The van der Waals surface area contributed by atoms with E-state index in [1.807, 2.05) is 18.2 Å². The van der Waals surface area contributed by atoms with Crippen molar-refractivity contribution in [3.05, 3.63) is 23.2 Å². The Labute approximate surface area is 108 Å². The number of likely N-dealkylation sites (N-methyl/N-ethyl adjacent to an activating group) is 1. The normalized spacial score (nSPS) is 24.6. The highest BCUT2D eigenvalue weighted by Gasteiger charge is 2.31. The van der Waals surface area contributed by atoms with Crippen molar-refractivity contribution in [2.75, 3.05) is 37.8 Å². The van der Waals surface area contributed by atoms with Gasteiger partial charge in [-0.15, -0.1) is 0 Å². The first kappa shape index (κ1) is 12.5. The number of hydrogen-bond donors (Lipinski definition) is 1. The van der Waals surface area contributed by atoms with Crippen LogP contribution in [0.2, 0.25) is 5.02 Å². The second-order valence-corrected chi connectivity index (χ2v) is 5.55. The number of nitrogen functional groups attached to an aromatic ring is 1. The fraction of sp³-hybridized carbons (Fsp3) is 0.538. The molecule has 4 heteroatoms. The molecular weight excluding hydrogens is 234 g/mol. The topological polar surface area (TPSA) is 32.5 Å². The Balaban J connectivity index is 2.22. The third-order valence-electron chi connectivity index (χ3n) is 3.57. The first-order valence-corrected chi connectivity index (χ1v) is 6.33. The summed E-state index contributed by atoms with van der Waals surface area (Å²) in [6.45, 7) is 4.33. The van der Waals surface area contributed by atoms with Crippen LogP contribution in [0.4, 0.5) is 11.4 Å². The first-order chi connectivity index (χ1) is 7.99. The molecule has 0 spiro atoms. The number of benzene rings is 1. The molecule has 2 N–H and O–H groups in total. The minimum absolute atomic E-state index is 0.577. The molecule has 0 amide bonds. The number of rotatable bonds is 2. The molecule has 1 fully saturated rings. The SMILES string of the molecule is CC1CN(c2cc(Cl)ccc2N)CC1N(C)C. The van der Waals surface area contributed by atoms with Crippen LogP contribution in [-0.2, 0) is 0 Å². The standard InChI is InChI=1S/C13H20ClN3/c1-9-7-17(8-13(9)16(2)3)12-6-10(14)4-5-11(12)15/h4-6,9,13H,7-8,15H2,1-3H3. The van der Waals surface area contributed by atoms with E-state index in [0.717, 1.165) is 29.5 Å². The summed E-state index contributed by atoms with van der Waals surface area (Å²) in [6.07, 6.45) is 0. The largest absolute Gasteiger partial charge is 0.397 e. The third kappa shape index (κ3) is 2.50. The van der Waals surface area contributed by atoms with Crippen molar-refractivity contribution in [2.45, 2.75) is 13.0 Å². The molecule has 2 atom stereocenters. The van der Waals surface area contributed by atoms with Gasteiger partial charge in [-0.2, -0.15) is 0 Å². The highest BCUT2D eigenvalue weighted by atomic mass is 35.5. The molecule has 1 aliphatic heterocycles. The zero-order valence-electron chi connectivity index (χ0n) is 10.7. The van der Waals surface area contributed by atoms with Gasteiger partial charge < -0.3 is 15.5 Å². The maximum atomic E-state index is 6.04. The molecule has 0 radical (unpaired) electrons. The van der Waals surface area contributed by atoms with Gasteiger partial charge in [-0.25, -0.2) is 0 Å². The lowest BCUT2D eigenvalue weighted by Crippen LogP contribution is -2.34. The number of nitrogens with two attached hydrogens (primary N) is 1. The second-order valence-electron chi connectivity index (χ2n) is 5.12. The summed E-state index contributed by atoms with van der Waals surface area (Å²) in [4.78, 5) is 4.61. The maximum Gasteiger partial charge on any atom is 0.0615 e.